The zero-order valence-electron chi connectivity index (χ0n) is 8.53. The first-order valence-electron chi connectivity index (χ1n) is 5.39. The fraction of sp³-hybridized carbons (Fsp3) is 0.700. The molecule has 1 heterocycles. The van der Waals surface area contributed by atoms with Crippen LogP contribution >= 0.6 is 0 Å². The molecule has 0 aromatic rings. The number of nitrogens with one attached hydrogen (secondary N) is 2. The van der Waals surface area contributed by atoms with Gasteiger partial charge in [-0.1, -0.05) is 0 Å². The van der Waals surface area contributed by atoms with Crippen LogP contribution in [0.15, 0.2) is 0 Å². The SMILES string of the molecule is O=C1NC(=O)[C@@]2(C[C@@H]3C[C@@H]2[C@H](C(=O)O)C3)N1. The summed E-state index contributed by atoms with van der Waals surface area (Å²) in [6.07, 6.45) is 1.94. The van der Waals surface area contributed by atoms with Crippen LogP contribution in [0.4, 0.5) is 4.79 Å². The summed E-state index contributed by atoms with van der Waals surface area (Å²) in [7, 11) is 0. The summed E-state index contributed by atoms with van der Waals surface area (Å²) in [6.45, 7) is 0. The summed E-state index contributed by atoms with van der Waals surface area (Å²) < 4.78 is 0. The molecule has 3 rings (SSSR count). The van der Waals surface area contributed by atoms with Crippen LogP contribution in [0.1, 0.15) is 19.3 Å². The van der Waals surface area contributed by atoms with Crippen molar-refractivity contribution >= 4 is 17.9 Å². The Labute approximate surface area is 91.4 Å². The average molecular weight is 224 g/mol. The first-order chi connectivity index (χ1) is 7.53. The van der Waals surface area contributed by atoms with Crippen LogP contribution < -0.4 is 10.6 Å². The van der Waals surface area contributed by atoms with Crippen LogP contribution in [0.3, 0.4) is 0 Å². The topological polar surface area (TPSA) is 95.5 Å². The van der Waals surface area contributed by atoms with Gasteiger partial charge in [0.2, 0.25) is 0 Å². The monoisotopic (exact) mass is 224 g/mol. The zero-order valence-corrected chi connectivity index (χ0v) is 8.53. The van der Waals surface area contributed by atoms with Crippen molar-refractivity contribution in [3.63, 3.8) is 0 Å². The first kappa shape index (κ1) is 9.62. The van der Waals surface area contributed by atoms with Crippen molar-refractivity contribution in [3.05, 3.63) is 0 Å². The van der Waals surface area contributed by atoms with E-state index in [1.54, 1.807) is 0 Å². The number of carboxylic acid groups (broad SMARTS) is 1. The molecular weight excluding hydrogens is 212 g/mol. The number of urea groups is 1. The number of hydrogen-bond donors (Lipinski definition) is 3. The molecule has 0 radical (unpaired) electrons. The van der Waals surface area contributed by atoms with Gasteiger partial charge in [0, 0.05) is 5.92 Å². The van der Waals surface area contributed by atoms with Gasteiger partial charge in [-0.3, -0.25) is 14.9 Å². The second-order valence-electron chi connectivity index (χ2n) is 4.97. The molecule has 0 aromatic heterocycles. The summed E-state index contributed by atoms with van der Waals surface area (Å²) >= 11 is 0. The van der Waals surface area contributed by atoms with Crippen molar-refractivity contribution in [2.45, 2.75) is 24.8 Å². The van der Waals surface area contributed by atoms with Crippen LogP contribution in [0.2, 0.25) is 0 Å². The van der Waals surface area contributed by atoms with E-state index >= 15 is 0 Å². The van der Waals surface area contributed by atoms with Gasteiger partial charge in [0.05, 0.1) is 5.92 Å². The third-order valence-corrected chi connectivity index (χ3v) is 4.19. The Morgan fingerprint density at radius 3 is 2.62 bits per heavy atom. The van der Waals surface area contributed by atoms with E-state index < -0.39 is 23.5 Å². The number of rotatable bonds is 1. The van der Waals surface area contributed by atoms with E-state index in [0.29, 0.717) is 12.8 Å². The molecule has 16 heavy (non-hydrogen) atoms. The molecule has 3 aliphatic rings. The second kappa shape index (κ2) is 2.75. The molecule has 6 nitrogen and oxygen atoms in total. The van der Waals surface area contributed by atoms with Gasteiger partial charge in [-0.2, -0.15) is 0 Å². The van der Waals surface area contributed by atoms with Crippen LogP contribution in [-0.2, 0) is 9.59 Å². The number of imide groups is 1. The van der Waals surface area contributed by atoms with Crippen molar-refractivity contribution in [3.8, 4) is 0 Å². The van der Waals surface area contributed by atoms with Gasteiger partial charge in [-0.05, 0) is 25.2 Å². The number of carbonyl (C=O) groups excluding carboxylic acids is 2. The average Bonchev–Trinajstić information content (AvgIpc) is 2.80. The van der Waals surface area contributed by atoms with Gasteiger partial charge >= 0.3 is 12.0 Å². The first-order valence-corrected chi connectivity index (χ1v) is 5.39. The van der Waals surface area contributed by atoms with Crippen molar-refractivity contribution in [1.82, 2.24) is 10.6 Å². The van der Waals surface area contributed by atoms with E-state index in [4.69, 9.17) is 5.11 Å². The van der Waals surface area contributed by atoms with E-state index in [-0.39, 0.29) is 17.7 Å². The molecule has 4 atom stereocenters. The van der Waals surface area contributed by atoms with Crippen molar-refractivity contribution in [2.24, 2.45) is 17.8 Å². The summed E-state index contributed by atoms with van der Waals surface area (Å²) in [5, 5.41) is 13.9. The standard InChI is InChI=1S/C10H12N2O4/c13-7(14)5-1-4-2-6(5)10(3-4)8(15)11-9(16)12-10/h4-6H,1-3H2,(H,13,14)(H2,11,12,15,16)/t4-,5+,6+,10-/m0/s1. The number of amides is 3. The van der Waals surface area contributed by atoms with Crippen LogP contribution in [0.25, 0.3) is 0 Å². The van der Waals surface area contributed by atoms with E-state index in [2.05, 4.69) is 10.6 Å². The second-order valence-corrected chi connectivity index (χ2v) is 4.97. The molecule has 0 aromatic carbocycles. The van der Waals surface area contributed by atoms with E-state index in [0.717, 1.165) is 6.42 Å². The number of carboxylic acids is 1. The Bertz CT molecular complexity index is 408. The van der Waals surface area contributed by atoms with Gasteiger partial charge in [0.1, 0.15) is 5.54 Å². The quantitative estimate of drug-likeness (QED) is 0.532. The Morgan fingerprint density at radius 2 is 2.12 bits per heavy atom. The summed E-state index contributed by atoms with van der Waals surface area (Å²) in [4.78, 5) is 34.0. The molecule has 2 saturated carbocycles. The van der Waals surface area contributed by atoms with E-state index in [1.807, 2.05) is 0 Å². The third kappa shape index (κ3) is 0.989. The molecule has 2 aliphatic carbocycles. The Balaban J connectivity index is 1.96. The molecule has 1 aliphatic heterocycles. The molecule has 2 bridgehead atoms. The van der Waals surface area contributed by atoms with Gasteiger partial charge in [-0.15, -0.1) is 0 Å². The van der Waals surface area contributed by atoms with Crippen molar-refractivity contribution in [1.29, 1.82) is 0 Å². The summed E-state index contributed by atoms with van der Waals surface area (Å²) in [5.74, 6) is -1.71. The maximum atomic E-state index is 11.8. The van der Waals surface area contributed by atoms with Crippen LogP contribution in [0.5, 0.6) is 0 Å². The van der Waals surface area contributed by atoms with Gasteiger partial charge in [0.25, 0.3) is 5.91 Å². The molecule has 1 saturated heterocycles. The Kier molecular flexibility index (Phi) is 1.65. The predicted molar refractivity (Wildman–Crippen MR) is 51.4 cm³/mol. The maximum Gasteiger partial charge on any atom is 0.322 e. The van der Waals surface area contributed by atoms with E-state index in [9.17, 15) is 14.4 Å². The smallest absolute Gasteiger partial charge is 0.322 e. The normalized spacial score (nSPS) is 44.9. The van der Waals surface area contributed by atoms with Crippen LogP contribution in [0, 0.1) is 17.8 Å². The molecule has 3 N–H and O–H groups in total. The summed E-state index contributed by atoms with van der Waals surface area (Å²) in [5.41, 5.74) is -0.941. The van der Waals surface area contributed by atoms with E-state index in [1.165, 1.54) is 0 Å². The number of fused-ring (bicyclic) bond motifs is 3. The molecular formula is C10H12N2O4. The highest BCUT2D eigenvalue weighted by Crippen LogP contribution is 2.54. The fourth-order valence-corrected chi connectivity index (χ4v) is 3.64. The Hall–Kier alpha value is -1.59. The number of hydrogen-bond acceptors (Lipinski definition) is 3. The van der Waals surface area contributed by atoms with Gasteiger partial charge < -0.3 is 10.4 Å². The zero-order chi connectivity index (χ0) is 11.5. The largest absolute Gasteiger partial charge is 0.481 e. The predicted octanol–water partition coefficient (Wildman–Crippen LogP) is -0.305. The molecule has 6 heteroatoms. The van der Waals surface area contributed by atoms with Crippen molar-refractivity contribution in [2.75, 3.05) is 0 Å². The van der Waals surface area contributed by atoms with Gasteiger partial charge in [-0.25, -0.2) is 4.79 Å². The van der Waals surface area contributed by atoms with Crippen LogP contribution in [-0.4, -0.2) is 28.6 Å². The number of carbonyl (C=O) groups is 3. The Morgan fingerprint density at radius 1 is 1.38 bits per heavy atom. The minimum atomic E-state index is -0.941. The lowest BCUT2D eigenvalue weighted by molar-refractivity contribution is -0.145. The highest BCUT2D eigenvalue weighted by Gasteiger charge is 2.64. The van der Waals surface area contributed by atoms with Crippen molar-refractivity contribution < 1.29 is 19.5 Å². The molecule has 86 valence electrons. The number of aliphatic carboxylic acids is 1. The minimum absolute atomic E-state index is 0.246. The third-order valence-electron chi connectivity index (χ3n) is 4.19. The highest BCUT2D eigenvalue weighted by atomic mass is 16.4. The fourth-order valence-electron chi connectivity index (χ4n) is 3.64. The summed E-state index contributed by atoms with van der Waals surface area (Å²) in [6, 6.07) is -0.498. The lowest BCUT2D eigenvalue weighted by Crippen LogP contribution is -2.54. The molecule has 1 spiro atoms. The minimum Gasteiger partial charge on any atom is -0.481 e. The van der Waals surface area contributed by atoms with Gasteiger partial charge in [0.15, 0.2) is 0 Å². The molecule has 3 fully saturated rings. The lowest BCUT2D eigenvalue weighted by Gasteiger charge is -2.33. The molecule has 0 unspecified atom stereocenters. The lowest BCUT2D eigenvalue weighted by atomic mass is 9.74. The highest BCUT2D eigenvalue weighted by molar-refractivity contribution is 6.07. The maximum absolute atomic E-state index is 11.8. The molecule has 3 amide bonds.